The second-order valence-electron chi connectivity index (χ2n) is 4.79. The summed E-state index contributed by atoms with van der Waals surface area (Å²) in [5.74, 6) is 0.549. The number of ether oxygens (including phenoxy) is 1. The molecule has 1 heterocycles. The molecular formula is C13H24N4O. The molecule has 0 spiro atoms. The van der Waals surface area contributed by atoms with Gasteiger partial charge in [0.1, 0.15) is 12.3 Å². The van der Waals surface area contributed by atoms with E-state index in [1.165, 1.54) is 0 Å². The Kier molecular flexibility index (Phi) is 6.01. The molecule has 1 rings (SSSR count). The molecule has 0 aliphatic rings. The summed E-state index contributed by atoms with van der Waals surface area (Å²) < 4.78 is 5.66. The highest BCUT2D eigenvalue weighted by atomic mass is 16.5. The minimum Gasteiger partial charge on any atom is -0.475 e. The topological polar surface area (TPSA) is 64.3 Å². The van der Waals surface area contributed by atoms with Crippen LogP contribution in [-0.2, 0) is 6.54 Å². The van der Waals surface area contributed by atoms with Gasteiger partial charge >= 0.3 is 0 Å². The summed E-state index contributed by atoms with van der Waals surface area (Å²) in [6.07, 6.45) is 3.25. The predicted molar refractivity (Wildman–Crippen MR) is 72.4 cm³/mol. The first kappa shape index (κ1) is 14.9. The Morgan fingerprint density at radius 3 is 2.33 bits per heavy atom. The fourth-order valence-corrected chi connectivity index (χ4v) is 1.98. The van der Waals surface area contributed by atoms with Gasteiger partial charge in [-0.2, -0.15) is 0 Å². The van der Waals surface area contributed by atoms with Gasteiger partial charge in [0.2, 0.25) is 5.88 Å². The van der Waals surface area contributed by atoms with Crippen LogP contribution in [-0.4, -0.2) is 40.1 Å². The van der Waals surface area contributed by atoms with E-state index < -0.39 is 0 Å². The SMILES string of the molecule is CC(C)N(CCOc1nccnc1CN)C(C)C. The fourth-order valence-electron chi connectivity index (χ4n) is 1.98. The summed E-state index contributed by atoms with van der Waals surface area (Å²) >= 11 is 0. The lowest BCUT2D eigenvalue weighted by Gasteiger charge is -2.30. The smallest absolute Gasteiger partial charge is 0.237 e. The Balaban J connectivity index is 2.50. The van der Waals surface area contributed by atoms with Crippen molar-refractivity contribution in [1.82, 2.24) is 14.9 Å². The third-order valence-electron chi connectivity index (χ3n) is 2.84. The molecule has 0 saturated carbocycles. The van der Waals surface area contributed by atoms with Crippen LogP contribution in [0.25, 0.3) is 0 Å². The minimum absolute atomic E-state index is 0.348. The zero-order valence-electron chi connectivity index (χ0n) is 11.8. The summed E-state index contributed by atoms with van der Waals surface area (Å²) in [5.41, 5.74) is 6.29. The predicted octanol–water partition coefficient (Wildman–Crippen LogP) is 1.43. The molecule has 1 aromatic rings. The molecule has 2 N–H and O–H groups in total. The molecule has 102 valence electrons. The first-order valence-corrected chi connectivity index (χ1v) is 6.44. The Bertz CT molecular complexity index is 347. The minimum atomic E-state index is 0.348. The van der Waals surface area contributed by atoms with E-state index in [9.17, 15) is 0 Å². The van der Waals surface area contributed by atoms with Crippen LogP contribution in [0.3, 0.4) is 0 Å². The molecule has 0 atom stereocenters. The fraction of sp³-hybridized carbons (Fsp3) is 0.692. The van der Waals surface area contributed by atoms with Gasteiger partial charge in [-0.05, 0) is 27.7 Å². The maximum Gasteiger partial charge on any atom is 0.237 e. The van der Waals surface area contributed by atoms with Crippen molar-refractivity contribution in [3.63, 3.8) is 0 Å². The first-order chi connectivity index (χ1) is 8.56. The van der Waals surface area contributed by atoms with Gasteiger partial charge in [-0.3, -0.25) is 9.88 Å². The van der Waals surface area contributed by atoms with E-state index in [1.807, 2.05) is 0 Å². The van der Waals surface area contributed by atoms with Crippen LogP contribution >= 0.6 is 0 Å². The van der Waals surface area contributed by atoms with E-state index >= 15 is 0 Å². The highest BCUT2D eigenvalue weighted by Crippen LogP contribution is 2.11. The highest BCUT2D eigenvalue weighted by molar-refractivity contribution is 5.16. The molecule has 0 aliphatic heterocycles. The zero-order valence-corrected chi connectivity index (χ0v) is 11.8. The van der Waals surface area contributed by atoms with Crippen molar-refractivity contribution in [3.05, 3.63) is 18.1 Å². The summed E-state index contributed by atoms with van der Waals surface area (Å²) in [4.78, 5) is 10.7. The van der Waals surface area contributed by atoms with Gasteiger partial charge in [-0.25, -0.2) is 4.98 Å². The van der Waals surface area contributed by atoms with Gasteiger partial charge < -0.3 is 10.5 Å². The van der Waals surface area contributed by atoms with E-state index in [2.05, 4.69) is 42.6 Å². The summed E-state index contributed by atoms with van der Waals surface area (Å²) in [5, 5.41) is 0. The van der Waals surface area contributed by atoms with Crippen LogP contribution < -0.4 is 10.5 Å². The van der Waals surface area contributed by atoms with Crippen molar-refractivity contribution in [3.8, 4) is 5.88 Å². The maximum atomic E-state index is 5.66. The quantitative estimate of drug-likeness (QED) is 0.795. The molecule has 0 aromatic carbocycles. The van der Waals surface area contributed by atoms with Crippen LogP contribution in [0.1, 0.15) is 33.4 Å². The molecule has 0 fully saturated rings. The Labute approximate surface area is 109 Å². The third-order valence-corrected chi connectivity index (χ3v) is 2.84. The van der Waals surface area contributed by atoms with Gasteiger partial charge in [0.25, 0.3) is 0 Å². The molecule has 1 aromatic heterocycles. The van der Waals surface area contributed by atoms with E-state index in [0.717, 1.165) is 6.54 Å². The molecule has 0 bridgehead atoms. The van der Waals surface area contributed by atoms with Crippen molar-refractivity contribution in [2.75, 3.05) is 13.2 Å². The lowest BCUT2D eigenvalue weighted by Crippen LogP contribution is -2.39. The summed E-state index contributed by atoms with van der Waals surface area (Å²) in [7, 11) is 0. The second-order valence-corrected chi connectivity index (χ2v) is 4.79. The van der Waals surface area contributed by atoms with Crippen molar-refractivity contribution in [2.45, 2.75) is 46.3 Å². The van der Waals surface area contributed by atoms with Crippen LogP contribution in [0.5, 0.6) is 5.88 Å². The molecule has 0 unspecified atom stereocenters. The average molecular weight is 252 g/mol. The van der Waals surface area contributed by atoms with Crippen molar-refractivity contribution >= 4 is 0 Å². The largest absolute Gasteiger partial charge is 0.475 e. The summed E-state index contributed by atoms with van der Waals surface area (Å²) in [6, 6.07) is 1.01. The Morgan fingerprint density at radius 2 is 1.78 bits per heavy atom. The van der Waals surface area contributed by atoms with E-state index in [-0.39, 0.29) is 0 Å². The molecule has 0 amide bonds. The van der Waals surface area contributed by atoms with Gasteiger partial charge in [0.15, 0.2) is 0 Å². The van der Waals surface area contributed by atoms with Crippen molar-refractivity contribution in [1.29, 1.82) is 0 Å². The number of rotatable bonds is 7. The van der Waals surface area contributed by atoms with E-state index in [1.54, 1.807) is 12.4 Å². The standard InChI is InChI=1S/C13H24N4O/c1-10(2)17(11(3)4)7-8-18-13-12(9-14)15-5-6-16-13/h5-6,10-11H,7-9,14H2,1-4H3. The van der Waals surface area contributed by atoms with Crippen molar-refractivity contribution in [2.24, 2.45) is 5.73 Å². The molecule has 0 saturated heterocycles. The van der Waals surface area contributed by atoms with Gasteiger partial charge in [0, 0.05) is 37.6 Å². The van der Waals surface area contributed by atoms with Crippen LogP contribution in [0, 0.1) is 0 Å². The third kappa shape index (κ3) is 4.23. The van der Waals surface area contributed by atoms with Gasteiger partial charge in [0.05, 0.1) is 0 Å². The van der Waals surface area contributed by atoms with Crippen molar-refractivity contribution < 1.29 is 4.74 Å². The highest BCUT2D eigenvalue weighted by Gasteiger charge is 2.13. The molecule has 5 heteroatoms. The van der Waals surface area contributed by atoms with Crippen LogP contribution in [0.2, 0.25) is 0 Å². The summed E-state index contributed by atoms with van der Waals surface area (Å²) in [6.45, 7) is 10.6. The number of hydrogen-bond donors (Lipinski definition) is 1. The number of nitrogens with two attached hydrogens (primary N) is 1. The molecular weight excluding hydrogens is 228 g/mol. The maximum absolute atomic E-state index is 5.66. The first-order valence-electron chi connectivity index (χ1n) is 6.44. The zero-order chi connectivity index (χ0) is 13.5. The molecule has 0 radical (unpaired) electrons. The molecule has 0 aliphatic carbocycles. The Hall–Kier alpha value is -1.20. The van der Waals surface area contributed by atoms with Gasteiger partial charge in [-0.15, -0.1) is 0 Å². The lowest BCUT2D eigenvalue weighted by atomic mass is 10.2. The number of hydrogen-bond acceptors (Lipinski definition) is 5. The molecule has 5 nitrogen and oxygen atoms in total. The van der Waals surface area contributed by atoms with E-state index in [4.69, 9.17) is 10.5 Å². The normalized spacial score (nSPS) is 11.6. The monoisotopic (exact) mass is 252 g/mol. The number of aromatic nitrogens is 2. The van der Waals surface area contributed by atoms with Gasteiger partial charge in [-0.1, -0.05) is 0 Å². The second kappa shape index (κ2) is 7.28. The molecule has 18 heavy (non-hydrogen) atoms. The van der Waals surface area contributed by atoms with E-state index in [0.29, 0.717) is 36.8 Å². The average Bonchev–Trinajstić information content (AvgIpc) is 2.34. The lowest BCUT2D eigenvalue weighted by molar-refractivity contribution is 0.139. The van der Waals surface area contributed by atoms with Crippen LogP contribution in [0.4, 0.5) is 0 Å². The Morgan fingerprint density at radius 1 is 1.17 bits per heavy atom. The van der Waals surface area contributed by atoms with Crippen LogP contribution in [0.15, 0.2) is 12.4 Å². The number of nitrogens with zero attached hydrogens (tertiary/aromatic N) is 3.